The SMILES string of the molecule is CC(=O)Nc1ccc(CNC(=O)C2CCCNC2)cc1.Cl. The summed E-state index contributed by atoms with van der Waals surface area (Å²) in [6.45, 7) is 3.78. The molecule has 1 aromatic rings. The van der Waals surface area contributed by atoms with Gasteiger partial charge in [-0.15, -0.1) is 12.4 Å². The standard InChI is InChI=1S/C15H21N3O2.ClH/c1-11(19)18-14-6-4-12(5-7-14)9-17-15(20)13-3-2-8-16-10-13;/h4-7,13,16H,2-3,8-10H2,1H3,(H,17,20)(H,18,19);1H. The first-order chi connectivity index (χ1) is 9.65. The number of nitrogens with one attached hydrogen (secondary N) is 3. The van der Waals surface area contributed by atoms with Crippen molar-refractivity contribution in [2.24, 2.45) is 5.92 Å². The van der Waals surface area contributed by atoms with Crippen LogP contribution in [0.25, 0.3) is 0 Å². The first-order valence-electron chi connectivity index (χ1n) is 7.00. The Bertz CT molecular complexity index is 470. The Kier molecular flexibility index (Phi) is 7.19. The highest BCUT2D eigenvalue weighted by Gasteiger charge is 2.20. The summed E-state index contributed by atoms with van der Waals surface area (Å²) in [4.78, 5) is 22.9. The normalized spacial score (nSPS) is 17.5. The number of piperidine rings is 1. The van der Waals surface area contributed by atoms with Gasteiger partial charge in [0.2, 0.25) is 11.8 Å². The summed E-state index contributed by atoms with van der Waals surface area (Å²) in [7, 11) is 0. The van der Waals surface area contributed by atoms with E-state index >= 15 is 0 Å². The van der Waals surface area contributed by atoms with Crippen LogP contribution in [0.4, 0.5) is 5.69 Å². The highest BCUT2D eigenvalue weighted by molar-refractivity contribution is 5.88. The molecule has 2 amide bonds. The van der Waals surface area contributed by atoms with Gasteiger partial charge in [-0.3, -0.25) is 9.59 Å². The van der Waals surface area contributed by atoms with E-state index in [1.54, 1.807) is 0 Å². The van der Waals surface area contributed by atoms with E-state index in [4.69, 9.17) is 0 Å². The molecule has 1 aromatic carbocycles. The van der Waals surface area contributed by atoms with Crippen molar-refractivity contribution in [3.63, 3.8) is 0 Å². The van der Waals surface area contributed by atoms with Crippen molar-refractivity contribution in [2.75, 3.05) is 18.4 Å². The molecule has 1 aliphatic heterocycles. The van der Waals surface area contributed by atoms with E-state index < -0.39 is 0 Å². The third-order valence-corrected chi connectivity index (χ3v) is 3.41. The monoisotopic (exact) mass is 311 g/mol. The van der Waals surface area contributed by atoms with Crippen molar-refractivity contribution in [2.45, 2.75) is 26.3 Å². The molecule has 116 valence electrons. The van der Waals surface area contributed by atoms with E-state index in [1.165, 1.54) is 6.92 Å². The summed E-state index contributed by atoms with van der Waals surface area (Å²) in [6, 6.07) is 7.49. The van der Waals surface area contributed by atoms with Crippen LogP contribution in [-0.2, 0) is 16.1 Å². The Morgan fingerprint density at radius 1 is 1.29 bits per heavy atom. The first-order valence-corrected chi connectivity index (χ1v) is 7.00. The largest absolute Gasteiger partial charge is 0.352 e. The van der Waals surface area contributed by atoms with Gasteiger partial charge in [0.15, 0.2) is 0 Å². The zero-order valence-electron chi connectivity index (χ0n) is 12.1. The minimum absolute atomic E-state index is 0. The van der Waals surface area contributed by atoms with E-state index in [0.717, 1.165) is 37.2 Å². The van der Waals surface area contributed by atoms with Gasteiger partial charge in [-0.2, -0.15) is 0 Å². The summed E-state index contributed by atoms with van der Waals surface area (Å²) in [6.07, 6.45) is 2.02. The first kappa shape index (κ1) is 17.5. The summed E-state index contributed by atoms with van der Waals surface area (Å²) in [5.74, 6) is 0.112. The fourth-order valence-electron chi connectivity index (χ4n) is 2.32. The summed E-state index contributed by atoms with van der Waals surface area (Å²) >= 11 is 0. The van der Waals surface area contributed by atoms with E-state index in [0.29, 0.717) is 6.54 Å². The minimum Gasteiger partial charge on any atom is -0.352 e. The molecule has 0 spiro atoms. The molecule has 5 nitrogen and oxygen atoms in total. The number of anilines is 1. The fourth-order valence-corrected chi connectivity index (χ4v) is 2.32. The topological polar surface area (TPSA) is 70.2 Å². The lowest BCUT2D eigenvalue weighted by Crippen LogP contribution is -2.40. The van der Waals surface area contributed by atoms with Gasteiger partial charge in [0.25, 0.3) is 0 Å². The number of carbonyl (C=O) groups excluding carboxylic acids is 2. The smallest absolute Gasteiger partial charge is 0.224 e. The van der Waals surface area contributed by atoms with Crippen LogP contribution >= 0.6 is 12.4 Å². The van der Waals surface area contributed by atoms with Crippen molar-refractivity contribution in [1.29, 1.82) is 0 Å². The van der Waals surface area contributed by atoms with Crippen LogP contribution in [0.5, 0.6) is 0 Å². The molecule has 0 bridgehead atoms. The number of halogens is 1. The molecule has 0 saturated carbocycles. The molecular weight excluding hydrogens is 290 g/mol. The highest BCUT2D eigenvalue weighted by Crippen LogP contribution is 2.12. The van der Waals surface area contributed by atoms with Gasteiger partial charge in [-0.05, 0) is 37.1 Å². The molecule has 1 aliphatic rings. The minimum atomic E-state index is -0.0872. The average Bonchev–Trinajstić information content (AvgIpc) is 2.46. The second-order valence-electron chi connectivity index (χ2n) is 5.14. The second kappa shape index (κ2) is 8.64. The maximum absolute atomic E-state index is 12.0. The summed E-state index contributed by atoms with van der Waals surface area (Å²) in [5.41, 5.74) is 1.79. The van der Waals surface area contributed by atoms with E-state index in [2.05, 4.69) is 16.0 Å². The van der Waals surface area contributed by atoms with Crippen LogP contribution in [0.2, 0.25) is 0 Å². The number of hydrogen-bond acceptors (Lipinski definition) is 3. The number of rotatable bonds is 4. The highest BCUT2D eigenvalue weighted by atomic mass is 35.5. The molecule has 0 aliphatic carbocycles. The van der Waals surface area contributed by atoms with Crippen LogP contribution in [0.3, 0.4) is 0 Å². The predicted molar refractivity (Wildman–Crippen MR) is 85.4 cm³/mol. The van der Waals surface area contributed by atoms with Gasteiger partial charge in [0, 0.05) is 25.7 Å². The van der Waals surface area contributed by atoms with Crippen molar-refractivity contribution in [3.05, 3.63) is 29.8 Å². The number of benzene rings is 1. The Morgan fingerprint density at radius 2 is 2.00 bits per heavy atom. The van der Waals surface area contributed by atoms with Crippen LogP contribution in [0.15, 0.2) is 24.3 Å². The maximum Gasteiger partial charge on any atom is 0.224 e. The zero-order chi connectivity index (χ0) is 14.4. The van der Waals surface area contributed by atoms with E-state index in [-0.39, 0.29) is 30.1 Å². The summed E-state index contributed by atoms with van der Waals surface area (Å²) < 4.78 is 0. The Hall–Kier alpha value is -1.59. The van der Waals surface area contributed by atoms with Crippen molar-refractivity contribution >= 4 is 29.9 Å². The van der Waals surface area contributed by atoms with Gasteiger partial charge in [-0.1, -0.05) is 12.1 Å². The second-order valence-corrected chi connectivity index (χ2v) is 5.14. The molecule has 1 fully saturated rings. The molecule has 1 atom stereocenters. The fraction of sp³-hybridized carbons (Fsp3) is 0.467. The Labute approximate surface area is 131 Å². The third kappa shape index (κ3) is 5.73. The molecule has 1 heterocycles. The van der Waals surface area contributed by atoms with E-state index in [1.807, 2.05) is 24.3 Å². The molecule has 1 unspecified atom stereocenters. The van der Waals surface area contributed by atoms with Crippen molar-refractivity contribution in [3.8, 4) is 0 Å². The van der Waals surface area contributed by atoms with Crippen LogP contribution in [-0.4, -0.2) is 24.9 Å². The Balaban J connectivity index is 0.00000220. The third-order valence-electron chi connectivity index (χ3n) is 3.41. The van der Waals surface area contributed by atoms with Crippen LogP contribution < -0.4 is 16.0 Å². The summed E-state index contributed by atoms with van der Waals surface area (Å²) in [5, 5.41) is 8.92. The molecular formula is C15H22ClN3O2. The van der Waals surface area contributed by atoms with Crippen molar-refractivity contribution < 1.29 is 9.59 Å². The maximum atomic E-state index is 12.0. The van der Waals surface area contributed by atoms with Gasteiger partial charge in [0.1, 0.15) is 0 Å². The van der Waals surface area contributed by atoms with Crippen molar-refractivity contribution in [1.82, 2.24) is 10.6 Å². The molecule has 21 heavy (non-hydrogen) atoms. The molecule has 2 rings (SSSR count). The average molecular weight is 312 g/mol. The lowest BCUT2D eigenvalue weighted by Gasteiger charge is -2.21. The van der Waals surface area contributed by atoms with Gasteiger partial charge in [0.05, 0.1) is 5.92 Å². The van der Waals surface area contributed by atoms with Gasteiger partial charge >= 0.3 is 0 Å². The number of carbonyl (C=O) groups is 2. The van der Waals surface area contributed by atoms with E-state index in [9.17, 15) is 9.59 Å². The van der Waals surface area contributed by atoms with Gasteiger partial charge in [-0.25, -0.2) is 0 Å². The van der Waals surface area contributed by atoms with Gasteiger partial charge < -0.3 is 16.0 Å². The quantitative estimate of drug-likeness (QED) is 0.792. The molecule has 3 N–H and O–H groups in total. The molecule has 0 aromatic heterocycles. The number of amides is 2. The lowest BCUT2D eigenvalue weighted by atomic mass is 9.99. The molecule has 1 saturated heterocycles. The zero-order valence-corrected chi connectivity index (χ0v) is 13.0. The molecule has 6 heteroatoms. The predicted octanol–water partition coefficient (Wildman–Crippen LogP) is 1.68. The number of hydrogen-bond donors (Lipinski definition) is 3. The molecule has 0 radical (unpaired) electrons. The van der Waals surface area contributed by atoms with Crippen LogP contribution in [0.1, 0.15) is 25.3 Å². The lowest BCUT2D eigenvalue weighted by molar-refractivity contribution is -0.125. The van der Waals surface area contributed by atoms with Crippen LogP contribution in [0, 0.1) is 5.92 Å². The Morgan fingerprint density at radius 3 is 2.57 bits per heavy atom.